The molecule has 0 aliphatic heterocycles. The topological polar surface area (TPSA) is 44.2 Å². The van der Waals surface area contributed by atoms with Gasteiger partial charge >= 0.3 is 0 Å². The van der Waals surface area contributed by atoms with Crippen LogP contribution in [-0.4, -0.2) is 23.4 Å². The Morgan fingerprint density at radius 3 is 2.35 bits per heavy atom. The number of aryl methyl sites for hydroxylation is 4. The molecule has 20 heavy (non-hydrogen) atoms. The standard InChI is InChI=1S/C16H20N2O2/c1-11-5-6-12(2)15(9-11)19-7-8-20-16-10-13(3)14(4)17-18-16/h5-6,9-10H,7-8H2,1-4H3. The zero-order valence-corrected chi connectivity index (χ0v) is 12.4. The Hall–Kier alpha value is -2.10. The molecule has 1 aromatic heterocycles. The van der Waals surface area contributed by atoms with Crippen molar-refractivity contribution in [3.8, 4) is 11.6 Å². The second-order valence-corrected chi connectivity index (χ2v) is 4.92. The van der Waals surface area contributed by atoms with E-state index in [1.165, 1.54) is 5.56 Å². The van der Waals surface area contributed by atoms with Gasteiger partial charge in [0, 0.05) is 6.07 Å². The first-order valence-electron chi connectivity index (χ1n) is 6.70. The number of rotatable bonds is 5. The van der Waals surface area contributed by atoms with Crippen molar-refractivity contribution in [3.05, 3.63) is 46.6 Å². The largest absolute Gasteiger partial charge is 0.490 e. The van der Waals surface area contributed by atoms with E-state index in [-0.39, 0.29) is 0 Å². The summed E-state index contributed by atoms with van der Waals surface area (Å²) < 4.78 is 11.3. The van der Waals surface area contributed by atoms with E-state index in [0.717, 1.165) is 22.6 Å². The van der Waals surface area contributed by atoms with Crippen molar-refractivity contribution in [2.45, 2.75) is 27.7 Å². The number of ether oxygens (including phenoxy) is 2. The third-order valence-corrected chi connectivity index (χ3v) is 3.14. The second kappa shape index (κ2) is 6.37. The smallest absolute Gasteiger partial charge is 0.233 e. The first-order chi connectivity index (χ1) is 9.56. The fourth-order valence-corrected chi connectivity index (χ4v) is 1.75. The van der Waals surface area contributed by atoms with E-state index in [1.807, 2.05) is 39.8 Å². The molecule has 0 N–H and O–H groups in total. The van der Waals surface area contributed by atoms with Crippen LogP contribution in [0.1, 0.15) is 22.4 Å². The maximum absolute atomic E-state index is 5.72. The average Bonchev–Trinajstić information content (AvgIpc) is 2.42. The van der Waals surface area contributed by atoms with E-state index in [4.69, 9.17) is 9.47 Å². The highest BCUT2D eigenvalue weighted by molar-refractivity contribution is 5.35. The molecule has 0 atom stereocenters. The molecule has 0 fully saturated rings. The molecule has 1 aromatic carbocycles. The van der Waals surface area contributed by atoms with Gasteiger partial charge in [-0.3, -0.25) is 0 Å². The summed E-state index contributed by atoms with van der Waals surface area (Å²) in [6.45, 7) is 8.93. The molecule has 4 nitrogen and oxygen atoms in total. The summed E-state index contributed by atoms with van der Waals surface area (Å²) in [7, 11) is 0. The second-order valence-electron chi connectivity index (χ2n) is 4.92. The molecule has 4 heteroatoms. The van der Waals surface area contributed by atoms with Gasteiger partial charge in [0.1, 0.15) is 19.0 Å². The third-order valence-electron chi connectivity index (χ3n) is 3.14. The number of nitrogens with zero attached hydrogens (tertiary/aromatic N) is 2. The summed E-state index contributed by atoms with van der Waals surface area (Å²) in [4.78, 5) is 0. The molecule has 2 rings (SSSR count). The predicted molar refractivity (Wildman–Crippen MR) is 78.4 cm³/mol. The van der Waals surface area contributed by atoms with Crippen LogP contribution in [0.5, 0.6) is 11.6 Å². The minimum absolute atomic E-state index is 0.449. The van der Waals surface area contributed by atoms with E-state index >= 15 is 0 Å². The quantitative estimate of drug-likeness (QED) is 0.784. The number of aromatic nitrogens is 2. The molecule has 1 heterocycles. The fourth-order valence-electron chi connectivity index (χ4n) is 1.75. The van der Waals surface area contributed by atoms with Gasteiger partial charge in [-0.25, -0.2) is 0 Å². The van der Waals surface area contributed by atoms with Crippen molar-refractivity contribution >= 4 is 0 Å². The van der Waals surface area contributed by atoms with Gasteiger partial charge in [0.15, 0.2) is 0 Å². The minimum Gasteiger partial charge on any atom is -0.490 e. The van der Waals surface area contributed by atoms with Gasteiger partial charge in [-0.05, 0) is 50.5 Å². The van der Waals surface area contributed by atoms with Crippen molar-refractivity contribution in [3.63, 3.8) is 0 Å². The molecule has 0 amide bonds. The molecule has 0 bridgehead atoms. The van der Waals surface area contributed by atoms with E-state index in [0.29, 0.717) is 19.1 Å². The van der Waals surface area contributed by atoms with E-state index in [2.05, 4.69) is 22.3 Å². The van der Waals surface area contributed by atoms with Crippen molar-refractivity contribution in [2.75, 3.05) is 13.2 Å². The molecule has 0 radical (unpaired) electrons. The Bertz CT molecular complexity index is 597. The Balaban J connectivity index is 1.84. The number of hydrogen-bond acceptors (Lipinski definition) is 4. The highest BCUT2D eigenvalue weighted by Crippen LogP contribution is 2.19. The molecule has 0 saturated carbocycles. The van der Waals surface area contributed by atoms with Gasteiger partial charge in [0.25, 0.3) is 0 Å². The van der Waals surface area contributed by atoms with Crippen LogP contribution in [0, 0.1) is 27.7 Å². The number of hydrogen-bond donors (Lipinski definition) is 0. The fraction of sp³-hybridized carbons (Fsp3) is 0.375. The summed E-state index contributed by atoms with van der Waals surface area (Å²) in [5.41, 5.74) is 4.31. The molecular weight excluding hydrogens is 252 g/mol. The maximum atomic E-state index is 5.72. The predicted octanol–water partition coefficient (Wildman–Crippen LogP) is 3.17. The van der Waals surface area contributed by atoms with Crippen LogP contribution in [0.4, 0.5) is 0 Å². The summed E-state index contributed by atoms with van der Waals surface area (Å²) in [5.74, 6) is 1.44. The Morgan fingerprint density at radius 2 is 1.60 bits per heavy atom. The first-order valence-corrected chi connectivity index (χ1v) is 6.70. The Labute approximate surface area is 119 Å². The van der Waals surface area contributed by atoms with Crippen LogP contribution in [-0.2, 0) is 0 Å². The average molecular weight is 272 g/mol. The highest BCUT2D eigenvalue weighted by Gasteiger charge is 2.02. The summed E-state index contributed by atoms with van der Waals surface area (Å²) in [5, 5.41) is 8.01. The van der Waals surface area contributed by atoms with E-state index in [1.54, 1.807) is 0 Å². The molecule has 0 saturated heterocycles. The van der Waals surface area contributed by atoms with Gasteiger partial charge in [-0.15, -0.1) is 5.10 Å². The molecule has 0 spiro atoms. The lowest BCUT2D eigenvalue weighted by molar-refractivity contribution is 0.209. The first kappa shape index (κ1) is 14.3. The van der Waals surface area contributed by atoms with Crippen LogP contribution in [0.25, 0.3) is 0 Å². The van der Waals surface area contributed by atoms with Gasteiger partial charge in [-0.2, -0.15) is 5.10 Å². The molecule has 0 aliphatic rings. The summed E-state index contributed by atoms with van der Waals surface area (Å²) in [6, 6.07) is 8.05. The van der Waals surface area contributed by atoms with Crippen molar-refractivity contribution in [2.24, 2.45) is 0 Å². The molecule has 2 aromatic rings. The van der Waals surface area contributed by atoms with Gasteiger partial charge < -0.3 is 9.47 Å². The van der Waals surface area contributed by atoms with Crippen molar-refractivity contribution in [1.29, 1.82) is 0 Å². The number of benzene rings is 1. The lowest BCUT2D eigenvalue weighted by Gasteiger charge is -2.10. The van der Waals surface area contributed by atoms with Crippen LogP contribution in [0.3, 0.4) is 0 Å². The zero-order chi connectivity index (χ0) is 14.5. The summed E-state index contributed by atoms with van der Waals surface area (Å²) >= 11 is 0. The van der Waals surface area contributed by atoms with E-state index in [9.17, 15) is 0 Å². The molecular formula is C16H20N2O2. The van der Waals surface area contributed by atoms with Crippen LogP contribution in [0.2, 0.25) is 0 Å². The Kier molecular flexibility index (Phi) is 4.56. The lowest BCUT2D eigenvalue weighted by atomic mass is 10.1. The SMILES string of the molecule is Cc1ccc(C)c(OCCOc2cc(C)c(C)nn2)c1. The summed E-state index contributed by atoms with van der Waals surface area (Å²) in [6.07, 6.45) is 0. The molecule has 0 aliphatic carbocycles. The van der Waals surface area contributed by atoms with Gasteiger partial charge in [-0.1, -0.05) is 12.1 Å². The van der Waals surface area contributed by atoms with Crippen molar-refractivity contribution in [1.82, 2.24) is 10.2 Å². The highest BCUT2D eigenvalue weighted by atomic mass is 16.5. The Morgan fingerprint density at radius 1 is 0.850 bits per heavy atom. The van der Waals surface area contributed by atoms with Crippen LogP contribution in [0.15, 0.2) is 24.3 Å². The maximum Gasteiger partial charge on any atom is 0.233 e. The van der Waals surface area contributed by atoms with Crippen molar-refractivity contribution < 1.29 is 9.47 Å². The molecule has 106 valence electrons. The molecule has 0 unspecified atom stereocenters. The normalized spacial score (nSPS) is 10.4. The lowest BCUT2D eigenvalue weighted by Crippen LogP contribution is -2.11. The van der Waals surface area contributed by atoms with Gasteiger partial charge in [0.05, 0.1) is 5.69 Å². The third kappa shape index (κ3) is 3.70. The minimum atomic E-state index is 0.449. The van der Waals surface area contributed by atoms with Crippen LogP contribution < -0.4 is 9.47 Å². The van der Waals surface area contributed by atoms with E-state index < -0.39 is 0 Å². The monoisotopic (exact) mass is 272 g/mol. The van der Waals surface area contributed by atoms with Gasteiger partial charge in [0.2, 0.25) is 5.88 Å². The zero-order valence-electron chi connectivity index (χ0n) is 12.4. The van der Waals surface area contributed by atoms with Crippen LogP contribution >= 0.6 is 0 Å².